The van der Waals surface area contributed by atoms with Crippen LogP contribution >= 0.6 is 11.8 Å². The van der Waals surface area contributed by atoms with E-state index < -0.39 is 0 Å². The Morgan fingerprint density at radius 3 is 2.48 bits per heavy atom. The summed E-state index contributed by atoms with van der Waals surface area (Å²) in [4.78, 5) is 25.8. The van der Waals surface area contributed by atoms with E-state index >= 15 is 0 Å². The molecule has 27 heavy (non-hydrogen) atoms. The molecule has 2 N–H and O–H groups in total. The number of carbonyl (C=O) groups excluding carboxylic acids is 2. The predicted molar refractivity (Wildman–Crippen MR) is 108 cm³/mol. The fraction of sp³-hybridized carbons (Fsp3) is 0.636. The highest BCUT2D eigenvalue weighted by Crippen LogP contribution is 2.61. The Bertz CT molecular complexity index is 727. The van der Waals surface area contributed by atoms with E-state index in [1.54, 1.807) is 0 Å². The molecule has 6 rings (SSSR count). The first-order valence-electron chi connectivity index (χ1n) is 10.4. The lowest BCUT2D eigenvalue weighted by atomic mass is 9.49. The number of fused-ring (bicyclic) bond motifs is 1. The summed E-state index contributed by atoms with van der Waals surface area (Å²) in [5.74, 6) is 2.81. The zero-order chi connectivity index (χ0) is 18.4. The van der Waals surface area contributed by atoms with E-state index in [0.717, 1.165) is 41.3 Å². The Kier molecular flexibility index (Phi) is 4.46. The molecule has 5 aliphatic rings. The molecule has 144 valence electrons. The number of thioether (sulfide) groups is 1. The number of hydrogen-bond acceptors (Lipinski definition) is 3. The van der Waals surface area contributed by atoms with Crippen LogP contribution in [0.5, 0.6) is 0 Å². The highest BCUT2D eigenvalue weighted by molar-refractivity contribution is 8.01. The number of hydrogen-bond donors (Lipinski definition) is 2. The monoisotopic (exact) mass is 384 g/mol. The van der Waals surface area contributed by atoms with Gasteiger partial charge in [0.05, 0.1) is 10.9 Å². The Labute approximate surface area is 165 Å². The lowest BCUT2D eigenvalue weighted by molar-refractivity contribution is -0.124. The molecule has 5 heteroatoms. The second-order valence-corrected chi connectivity index (χ2v) is 10.6. The van der Waals surface area contributed by atoms with Crippen LogP contribution in [0.15, 0.2) is 29.2 Å². The van der Waals surface area contributed by atoms with Crippen molar-refractivity contribution in [3.05, 3.63) is 24.3 Å². The molecule has 0 aromatic heterocycles. The van der Waals surface area contributed by atoms with Crippen molar-refractivity contribution in [1.82, 2.24) is 5.32 Å². The van der Waals surface area contributed by atoms with Gasteiger partial charge in [0.1, 0.15) is 0 Å². The summed E-state index contributed by atoms with van der Waals surface area (Å²) < 4.78 is 0. The second-order valence-electron chi connectivity index (χ2n) is 9.31. The van der Waals surface area contributed by atoms with E-state index in [9.17, 15) is 9.59 Å². The molecular formula is C22H28N2O2S. The molecule has 1 atom stereocenters. The normalized spacial score (nSPS) is 36.2. The van der Waals surface area contributed by atoms with Crippen molar-refractivity contribution < 1.29 is 9.59 Å². The first-order valence-corrected chi connectivity index (χ1v) is 11.3. The molecule has 4 nitrogen and oxygen atoms in total. The predicted octanol–water partition coefficient (Wildman–Crippen LogP) is 4.21. The van der Waals surface area contributed by atoms with Crippen molar-refractivity contribution >= 4 is 29.3 Å². The van der Waals surface area contributed by atoms with Gasteiger partial charge in [0.2, 0.25) is 11.8 Å². The molecule has 1 unspecified atom stereocenters. The molecule has 1 heterocycles. The molecule has 4 saturated carbocycles. The molecule has 1 aromatic carbocycles. The molecular weight excluding hydrogens is 356 g/mol. The zero-order valence-electron chi connectivity index (χ0n) is 15.7. The highest BCUT2D eigenvalue weighted by atomic mass is 32.2. The molecule has 0 radical (unpaired) electrons. The van der Waals surface area contributed by atoms with E-state index in [1.807, 2.05) is 24.3 Å². The van der Waals surface area contributed by atoms with Gasteiger partial charge in [-0.1, -0.05) is 12.1 Å². The fourth-order valence-corrected chi connectivity index (χ4v) is 7.64. The van der Waals surface area contributed by atoms with Crippen LogP contribution < -0.4 is 10.6 Å². The van der Waals surface area contributed by atoms with Gasteiger partial charge >= 0.3 is 0 Å². The van der Waals surface area contributed by atoms with Gasteiger partial charge in [0, 0.05) is 17.9 Å². The summed E-state index contributed by atoms with van der Waals surface area (Å²) in [6, 6.07) is 7.78. The number of rotatable bonds is 5. The molecule has 0 spiro atoms. The topological polar surface area (TPSA) is 58.2 Å². The van der Waals surface area contributed by atoms with E-state index in [4.69, 9.17) is 0 Å². The average Bonchev–Trinajstić information content (AvgIpc) is 2.61. The van der Waals surface area contributed by atoms with Gasteiger partial charge in [-0.05, 0) is 80.2 Å². The SMILES string of the molecule is O=C(CC1Sc2ccccc2NC1=O)NCCC12CC3CC(CC(C3)C1)C2. The van der Waals surface area contributed by atoms with Crippen LogP contribution in [0.1, 0.15) is 51.4 Å². The lowest BCUT2D eigenvalue weighted by Crippen LogP contribution is -2.47. The van der Waals surface area contributed by atoms with Crippen LogP contribution in [0.2, 0.25) is 0 Å². The third-order valence-corrected chi connectivity index (χ3v) is 8.50. The molecule has 4 fully saturated rings. The van der Waals surface area contributed by atoms with E-state index in [-0.39, 0.29) is 23.5 Å². The number of carbonyl (C=O) groups is 2. The number of amides is 2. The van der Waals surface area contributed by atoms with Crippen LogP contribution in [0.25, 0.3) is 0 Å². The maximum atomic E-state index is 12.5. The third kappa shape index (κ3) is 3.51. The van der Waals surface area contributed by atoms with Gasteiger partial charge in [-0.15, -0.1) is 11.8 Å². The quantitative estimate of drug-likeness (QED) is 0.799. The van der Waals surface area contributed by atoms with E-state index in [2.05, 4.69) is 10.6 Å². The average molecular weight is 385 g/mol. The van der Waals surface area contributed by atoms with Crippen molar-refractivity contribution in [2.24, 2.45) is 23.2 Å². The van der Waals surface area contributed by atoms with Crippen molar-refractivity contribution in [2.45, 2.75) is 61.5 Å². The van der Waals surface area contributed by atoms with Crippen LogP contribution in [0, 0.1) is 23.2 Å². The molecule has 1 aliphatic heterocycles. The van der Waals surface area contributed by atoms with Crippen molar-refractivity contribution in [1.29, 1.82) is 0 Å². The zero-order valence-corrected chi connectivity index (χ0v) is 16.5. The minimum absolute atomic E-state index is 0.00626. The second kappa shape index (κ2) is 6.84. The van der Waals surface area contributed by atoms with Crippen LogP contribution in [-0.2, 0) is 9.59 Å². The van der Waals surface area contributed by atoms with Gasteiger partial charge in [0.15, 0.2) is 0 Å². The summed E-state index contributed by atoms with van der Waals surface area (Å²) in [5, 5.41) is 5.70. The lowest BCUT2D eigenvalue weighted by Gasteiger charge is -2.57. The Morgan fingerprint density at radius 2 is 1.78 bits per heavy atom. The van der Waals surface area contributed by atoms with Gasteiger partial charge in [-0.25, -0.2) is 0 Å². The standard InChI is InChI=1S/C22H28N2O2S/c25-20(10-19-21(26)24-17-3-1-2-4-18(17)27-19)23-6-5-22-11-14-7-15(12-22)9-16(8-14)13-22/h1-4,14-16,19H,5-13H2,(H,23,25)(H,24,26). The van der Waals surface area contributed by atoms with E-state index in [0.29, 0.717) is 5.41 Å². The van der Waals surface area contributed by atoms with Gasteiger partial charge in [0.25, 0.3) is 0 Å². The minimum atomic E-state index is -0.334. The van der Waals surface area contributed by atoms with Gasteiger partial charge in [-0.3, -0.25) is 9.59 Å². The van der Waals surface area contributed by atoms with E-state index in [1.165, 1.54) is 50.3 Å². The minimum Gasteiger partial charge on any atom is -0.356 e. The molecule has 4 aliphatic carbocycles. The molecule has 2 amide bonds. The number of benzene rings is 1. The summed E-state index contributed by atoms with van der Waals surface area (Å²) in [6.07, 6.45) is 9.90. The fourth-order valence-electron chi connectivity index (χ4n) is 6.53. The van der Waals surface area contributed by atoms with Gasteiger partial charge in [-0.2, -0.15) is 0 Å². The van der Waals surface area contributed by atoms with Crippen molar-refractivity contribution in [3.63, 3.8) is 0 Å². The summed E-state index contributed by atoms with van der Waals surface area (Å²) in [5.41, 5.74) is 1.35. The van der Waals surface area contributed by atoms with Crippen molar-refractivity contribution in [3.8, 4) is 0 Å². The molecule has 0 saturated heterocycles. The first kappa shape index (κ1) is 17.6. The van der Waals surface area contributed by atoms with Crippen LogP contribution in [-0.4, -0.2) is 23.6 Å². The summed E-state index contributed by atoms with van der Waals surface area (Å²) in [7, 11) is 0. The van der Waals surface area contributed by atoms with Gasteiger partial charge < -0.3 is 10.6 Å². The maximum absolute atomic E-state index is 12.5. The number of anilines is 1. The Hall–Kier alpha value is -1.49. The smallest absolute Gasteiger partial charge is 0.238 e. The van der Waals surface area contributed by atoms with Crippen LogP contribution in [0.3, 0.4) is 0 Å². The highest BCUT2D eigenvalue weighted by Gasteiger charge is 2.50. The van der Waals surface area contributed by atoms with Crippen molar-refractivity contribution in [2.75, 3.05) is 11.9 Å². The summed E-state index contributed by atoms with van der Waals surface area (Å²) in [6.45, 7) is 0.764. The Balaban J connectivity index is 1.13. The maximum Gasteiger partial charge on any atom is 0.238 e. The van der Waals surface area contributed by atoms with Crippen LogP contribution in [0.4, 0.5) is 5.69 Å². The molecule has 4 bridgehead atoms. The Morgan fingerprint density at radius 1 is 1.11 bits per heavy atom. The first-order chi connectivity index (χ1) is 13.1. The molecule has 1 aromatic rings. The number of nitrogens with one attached hydrogen (secondary N) is 2. The summed E-state index contributed by atoms with van der Waals surface area (Å²) >= 11 is 1.50. The third-order valence-electron chi connectivity index (χ3n) is 7.22. The number of para-hydroxylation sites is 1. The largest absolute Gasteiger partial charge is 0.356 e.